The van der Waals surface area contributed by atoms with E-state index in [9.17, 15) is 14.4 Å². The summed E-state index contributed by atoms with van der Waals surface area (Å²) in [6, 6.07) is 18.3. The summed E-state index contributed by atoms with van der Waals surface area (Å²) in [6.45, 7) is 0.259. The van der Waals surface area contributed by atoms with Gasteiger partial charge in [-0.25, -0.2) is 9.59 Å². The van der Waals surface area contributed by atoms with E-state index in [0.29, 0.717) is 22.0 Å². The summed E-state index contributed by atoms with van der Waals surface area (Å²) in [6.07, 6.45) is 1.09. The van der Waals surface area contributed by atoms with E-state index in [1.807, 2.05) is 60.7 Å². The Morgan fingerprint density at radius 2 is 1.76 bits per heavy atom. The molecule has 1 fully saturated rings. The quantitative estimate of drug-likeness (QED) is 0.463. The van der Waals surface area contributed by atoms with Crippen molar-refractivity contribution in [3.05, 3.63) is 94.0 Å². The van der Waals surface area contributed by atoms with Crippen LogP contribution in [0.3, 0.4) is 0 Å². The van der Waals surface area contributed by atoms with Gasteiger partial charge in [-0.2, -0.15) is 0 Å². The maximum Gasteiger partial charge on any atom is 0.356 e. The van der Waals surface area contributed by atoms with Crippen LogP contribution in [0.15, 0.2) is 82.9 Å². The van der Waals surface area contributed by atoms with Gasteiger partial charge in [-0.1, -0.05) is 60.7 Å². The Kier molecular flexibility index (Phi) is 6.49. The van der Waals surface area contributed by atoms with E-state index in [0.717, 1.165) is 11.1 Å². The van der Waals surface area contributed by atoms with Crippen LogP contribution in [-0.2, 0) is 23.9 Å². The molecule has 2 aromatic rings. The molecular formula is C25H22N2O5S2. The number of nitrogens with two attached hydrogens (primary N) is 1. The second-order valence-electron chi connectivity index (χ2n) is 7.93. The molecule has 0 saturated carbocycles. The van der Waals surface area contributed by atoms with Gasteiger partial charge in [0.2, 0.25) is 5.91 Å². The lowest BCUT2D eigenvalue weighted by Crippen LogP contribution is -2.68. The SMILES string of the molecule is N[C@@H]1C(=O)N2C(C(=O)OC(c3ccccc3)c3ccccc3)=C(SCC3=CCOC3=O)CS[C@H]12. The Hall–Kier alpha value is -3.01. The van der Waals surface area contributed by atoms with Crippen molar-refractivity contribution in [1.29, 1.82) is 0 Å². The number of thioether (sulfide) groups is 2. The molecule has 5 rings (SSSR count). The van der Waals surface area contributed by atoms with Gasteiger partial charge < -0.3 is 15.2 Å². The molecule has 34 heavy (non-hydrogen) atoms. The normalized spacial score (nSPS) is 21.7. The lowest BCUT2D eigenvalue weighted by atomic mass is 10.0. The third kappa shape index (κ3) is 4.26. The van der Waals surface area contributed by atoms with Crippen LogP contribution < -0.4 is 5.73 Å². The maximum absolute atomic E-state index is 13.6. The molecule has 1 saturated heterocycles. The number of carbonyl (C=O) groups excluding carboxylic acids is 3. The summed E-state index contributed by atoms with van der Waals surface area (Å²) in [5.41, 5.74) is 8.41. The van der Waals surface area contributed by atoms with Crippen LogP contribution in [0.1, 0.15) is 17.2 Å². The summed E-state index contributed by atoms with van der Waals surface area (Å²) < 4.78 is 11.0. The lowest BCUT2D eigenvalue weighted by Gasteiger charge is -2.48. The Bertz CT molecular complexity index is 1140. The first kappa shape index (κ1) is 22.8. The molecule has 2 atom stereocenters. The number of benzene rings is 2. The number of nitrogens with zero attached hydrogens (tertiary/aromatic N) is 1. The fourth-order valence-electron chi connectivity index (χ4n) is 4.01. The molecular weight excluding hydrogens is 472 g/mol. The Morgan fingerprint density at radius 3 is 2.35 bits per heavy atom. The third-order valence-electron chi connectivity index (χ3n) is 5.81. The molecule has 0 spiro atoms. The monoisotopic (exact) mass is 494 g/mol. The third-order valence-corrected chi connectivity index (χ3v) is 8.43. The number of hydrogen-bond donors (Lipinski definition) is 1. The molecule has 3 heterocycles. The first-order valence-electron chi connectivity index (χ1n) is 10.8. The number of carbonyl (C=O) groups is 3. The molecule has 9 heteroatoms. The van der Waals surface area contributed by atoms with Gasteiger partial charge in [-0.05, 0) is 17.2 Å². The van der Waals surface area contributed by atoms with Crippen LogP contribution in [0.5, 0.6) is 0 Å². The Labute approximate surface area is 205 Å². The molecule has 0 aromatic heterocycles. The van der Waals surface area contributed by atoms with Crippen LogP contribution in [-0.4, -0.2) is 52.3 Å². The van der Waals surface area contributed by atoms with E-state index >= 15 is 0 Å². The van der Waals surface area contributed by atoms with E-state index in [1.165, 1.54) is 28.4 Å². The molecule has 2 aromatic carbocycles. The van der Waals surface area contributed by atoms with Gasteiger partial charge in [0.1, 0.15) is 23.7 Å². The zero-order chi connectivity index (χ0) is 23.7. The molecule has 2 N–H and O–H groups in total. The number of β-lactam (4-membered cyclic amide) rings is 1. The Balaban J connectivity index is 1.46. The predicted octanol–water partition coefficient (Wildman–Crippen LogP) is 2.99. The van der Waals surface area contributed by atoms with Gasteiger partial charge in [-0.15, -0.1) is 23.5 Å². The van der Waals surface area contributed by atoms with E-state index in [2.05, 4.69) is 0 Å². The number of rotatable bonds is 7. The second kappa shape index (κ2) is 9.69. The standard InChI is InChI=1S/C25H22N2O5S2/c26-19-22(28)27-20(18(14-34-23(19)27)33-13-17-11-12-31-24(17)29)25(30)32-21(15-7-3-1-4-8-15)16-9-5-2-6-10-16/h1-11,19,21,23H,12-14,26H2/t19-,23-/m1/s1. The first-order valence-corrected chi connectivity index (χ1v) is 12.8. The van der Waals surface area contributed by atoms with Crippen molar-refractivity contribution in [2.45, 2.75) is 17.5 Å². The molecule has 3 aliphatic heterocycles. The number of hydrogen-bond acceptors (Lipinski definition) is 8. The molecule has 0 radical (unpaired) electrons. The lowest BCUT2D eigenvalue weighted by molar-refractivity contribution is -0.152. The maximum atomic E-state index is 13.6. The topological polar surface area (TPSA) is 98.9 Å². The molecule has 0 bridgehead atoms. The summed E-state index contributed by atoms with van der Waals surface area (Å²) >= 11 is 2.86. The molecule has 1 amide bonds. The van der Waals surface area contributed by atoms with Crippen molar-refractivity contribution in [1.82, 2.24) is 4.90 Å². The van der Waals surface area contributed by atoms with E-state index < -0.39 is 18.1 Å². The highest BCUT2D eigenvalue weighted by atomic mass is 32.2. The van der Waals surface area contributed by atoms with Gasteiger partial charge in [0.05, 0.1) is 0 Å². The van der Waals surface area contributed by atoms with Gasteiger partial charge in [0.15, 0.2) is 6.10 Å². The second-order valence-corrected chi connectivity index (χ2v) is 10.1. The highest BCUT2D eigenvalue weighted by molar-refractivity contribution is 8.06. The number of esters is 2. The smallest absolute Gasteiger partial charge is 0.356 e. The summed E-state index contributed by atoms with van der Waals surface area (Å²) in [4.78, 5) is 40.2. The average molecular weight is 495 g/mol. The van der Waals surface area contributed by atoms with E-state index in [-0.39, 0.29) is 29.6 Å². The van der Waals surface area contributed by atoms with E-state index in [1.54, 1.807) is 6.08 Å². The van der Waals surface area contributed by atoms with Crippen molar-refractivity contribution >= 4 is 41.4 Å². The van der Waals surface area contributed by atoms with Crippen LogP contribution in [0, 0.1) is 0 Å². The minimum Gasteiger partial charge on any atom is -0.458 e. The summed E-state index contributed by atoms with van der Waals surface area (Å²) in [5.74, 6) is -0.397. The highest BCUT2D eigenvalue weighted by Gasteiger charge is 2.52. The van der Waals surface area contributed by atoms with Gasteiger partial charge in [-0.3, -0.25) is 9.69 Å². The van der Waals surface area contributed by atoms with Crippen molar-refractivity contribution in [3.63, 3.8) is 0 Å². The van der Waals surface area contributed by atoms with Crippen molar-refractivity contribution in [3.8, 4) is 0 Å². The summed E-state index contributed by atoms with van der Waals surface area (Å²) in [5, 5.41) is -0.304. The number of ether oxygens (including phenoxy) is 2. The van der Waals surface area contributed by atoms with Crippen molar-refractivity contribution in [2.24, 2.45) is 5.73 Å². The van der Waals surface area contributed by atoms with E-state index in [4.69, 9.17) is 15.2 Å². The average Bonchev–Trinajstić information content (AvgIpc) is 3.30. The fraction of sp³-hybridized carbons (Fsp3) is 0.240. The Morgan fingerprint density at radius 1 is 1.12 bits per heavy atom. The number of cyclic esters (lactones) is 1. The zero-order valence-corrected chi connectivity index (χ0v) is 19.7. The van der Waals surface area contributed by atoms with Crippen molar-refractivity contribution in [2.75, 3.05) is 18.1 Å². The minimum absolute atomic E-state index is 0.212. The molecule has 7 nitrogen and oxygen atoms in total. The van der Waals surface area contributed by atoms with Crippen LogP contribution in [0.25, 0.3) is 0 Å². The van der Waals surface area contributed by atoms with Gasteiger partial charge in [0.25, 0.3) is 0 Å². The zero-order valence-electron chi connectivity index (χ0n) is 18.1. The molecule has 174 valence electrons. The van der Waals surface area contributed by atoms with Crippen LogP contribution >= 0.6 is 23.5 Å². The molecule has 3 aliphatic rings. The summed E-state index contributed by atoms with van der Waals surface area (Å²) in [7, 11) is 0. The number of amides is 1. The molecule has 0 unspecified atom stereocenters. The van der Waals surface area contributed by atoms with Crippen LogP contribution in [0.4, 0.5) is 0 Å². The highest BCUT2D eigenvalue weighted by Crippen LogP contribution is 2.44. The van der Waals surface area contributed by atoms with Crippen LogP contribution in [0.2, 0.25) is 0 Å². The predicted molar refractivity (Wildman–Crippen MR) is 130 cm³/mol. The fourth-order valence-corrected chi connectivity index (χ4v) is 6.57. The first-order chi connectivity index (χ1) is 16.5. The largest absolute Gasteiger partial charge is 0.458 e. The van der Waals surface area contributed by atoms with Gasteiger partial charge in [0, 0.05) is 22.0 Å². The minimum atomic E-state index is -0.647. The number of fused-ring (bicyclic) bond motifs is 1. The van der Waals surface area contributed by atoms with Gasteiger partial charge >= 0.3 is 11.9 Å². The van der Waals surface area contributed by atoms with Crippen molar-refractivity contribution < 1.29 is 23.9 Å². The molecule has 0 aliphatic carbocycles.